The summed E-state index contributed by atoms with van der Waals surface area (Å²) in [7, 11) is 0. The van der Waals surface area contributed by atoms with Gasteiger partial charge in [-0.25, -0.2) is 0 Å². The van der Waals surface area contributed by atoms with Gasteiger partial charge in [-0.3, -0.25) is 0 Å². The predicted octanol–water partition coefficient (Wildman–Crippen LogP) is 3.32. The predicted molar refractivity (Wildman–Crippen MR) is 81.0 cm³/mol. The summed E-state index contributed by atoms with van der Waals surface area (Å²) < 4.78 is 52.3. The van der Waals surface area contributed by atoms with Crippen LogP contribution in [-0.4, -0.2) is 22.9 Å². The first kappa shape index (κ1) is 17.5. The lowest BCUT2D eigenvalue weighted by atomic mass is 9.99. The quantitative estimate of drug-likeness (QED) is 0.854. The highest BCUT2D eigenvalue weighted by atomic mass is 19.4. The molecule has 1 aliphatic rings. The van der Waals surface area contributed by atoms with Crippen LogP contribution in [0.1, 0.15) is 37.4 Å². The summed E-state index contributed by atoms with van der Waals surface area (Å²) in [5.74, 6) is 0.794. The molecule has 0 radical (unpaired) electrons. The molecule has 1 saturated carbocycles. The van der Waals surface area contributed by atoms with Crippen LogP contribution in [0.4, 0.5) is 13.2 Å². The minimum absolute atomic E-state index is 0.00866. The molecule has 136 valence electrons. The fraction of sp³-hybridized carbons (Fsp3) is 0.500. The van der Waals surface area contributed by atoms with Crippen molar-refractivity contribution in [2.45, 2.75) is 44.0 Å². The Morgan fingerprint density at radius 3 is 2.40 bits per heavy atom. The zero-order chi connectivity index (χ0) is 17.9. The van der Waals surface area contributed by atoms with Crippen molar-refractivity contribution in [1.29, 1.82) is 0 Å². The van der Waals surface area contributed by atoms with E-state index in [-0.39, 0.29) is 24.0 Å². The number of benzene rings is 1. The molecule has 0 bridgehead atoms. The molecular formula is C16H18F3N3O3. The molecule has 25 heavy (non-hydrogen) atoms. The van der Waals surface area contributed by atoms with E-state index >= 15 is 0 Å². The number of halogens is 3. The summed E-state index contributed by atoms with van der Waals surface area (Å²) in [6, 6.07) is 6.09. The Bertz CT molecular complexity index is 712. The van der Waals surface area contributed by atoms with Crippen molar-refractivity contribution in [3.63, 3.8) is 0 Å². The number of ether oxygens (including phenoxy) is 2. The molecule has 9 heteroatoms. The Balaban J connectivity index is 1.63. The van der Waals surface area contributed by atoms with E-state index in [1.807, 2.05) is 0 Å². The van der Waals surface area contributed by atoms with Crippen LogP contribution in [0.2, 0.25) is 0 Å². The molecule has 6 nitrogen and oxygen atoms in total. The van der Waals surface area contributed by atoms with Gasteiger partial charge < -0.3 is 19.7 Å². The third-order valence-corrected chi connectivity index (χ3v) is 4.00. The average molecular weight is 357 g/mol. The molecule has 3 rings (SSSR count). The van der Waals surface area contributed by atoms with Crippen molar-refractivity contribution < 1.29 is 27.2 Å². The van der Waals surface area contributed by atoms with E-state index in [0.29, 0.717) is 5.82 Å². The van der Waals surface area contributed by atoms with E-state index in [1.165, 1.54) is 12.1 Å². The van der Waals surface area contributed by atoms with Gasteiger partial charge in [-0.2, -0.15) is 18.2 Å². The molecule has 0 saturated heterocycles. The summed E-state index contributed by atoms with van der Waals surface area (Å²) >= 11 is 0. The summed E-state index contributed by atoms with van der Waals surface area (Å²) in [5, 5.41) is 3.90. The number of hydrogen-bond donors (Lipinski definition) is 1. The van der Waals surface area contributed by atoms with Crippen LogP contribution in [0, 0.1) is 0 Å². The Hall–Kier alpha value is -2.29. The number of para-hydroxylation sites is 2. The molecule has 2 aromatic rings. The van der Waals surface area contributed by atoms with Gasteiger partial charge in [0.05, 0.1) is 5.54 Å². The summed E-state index contributed by atoms with van der Waals surface area (Å²) in [4.78, 5) is 4.25. The Morgan fingerprint density at radius 2 is 1.76 bits per heavy atom. The zero-order valence-electron chi connectivity index (χ0n) is 13.4. The normalized spacial score (nSPS) is 16.8. The largest absolute Gasteiger partial charge is 0.480 e. The lowest BCUT2D eigenvalue weighted by molar-refractivity contribution is -0.153. The van der Waals surface area contributed by atoms with E-state index in [1.54, 1.807) is 12.1 Å². The van der Waals surface area contributed by atoms with Crippen LogP contribution in [0.3, 0.4) is 0 Å². The molecule has 1 aliphatic carbocycles. The van der Waals surface area contributed by atoms with E-state index in [4.69, 9.17) is 19.7 Å². The Morgan fingerprint density at radius 1 is 1.12 bits per heavy atom. The van der Waals surface area contributed by atoms with Crippen LogP contribution >= 0.6 is 0 Å². The van der Waals surface area contributed by atoms with Crippen molar-refractivity contribution in [2.75, 3.05) is 6.61 Å². The first-order chi connectivity index (χ1) is 11.9. The van der Waals surface area contributed by atoms with Gasteiger partial charge in [0.15, 0.2) is 30.5 Å². The number of rotatable bonds is 6. The highest BCUT2D eigenvalue weighted by Crippen LogP contribution is 2.34. The van der Waals surface area contributed by atoms with E-state index in [2.05, 4.69) is 10.1 Å². The Labute approximate surface area is 142 Å². The van der Waals surface area contributed by atoms with Gasteiger partial charge in [0.1, 0.15) is 0 Å². The van der Waals surface area contributed by atoms with Gasteiger partial charge in [0, 0.05) is 0 Å². The van der Waals surface area contributed by atoms with Crippen LogP contribution in [-0.2, 0) is 12.1 Å². The SMILES string of the molecule is NC1(c2noc(COc3ccccc3OCC(F)(F)F)n2)CCCC1. The molecular weight excluding hydrogens is 339 g/mol. The standard InChI is InChI=1S/C16H18F3N3O3/c17-16(18,19)10-24-12-6-2-1-5-11(12)23-9-13-21-14(22-25-13)15(20)7-3-4-8-15/h1-2,5-6H,3-4,7-10,20H2. The van der Waals surface area contributed by atoms with Gasteiger partial charge in [-0.1, -0.05) is 30.1 Å². The highest BCUT2D eigenvalue weighted by molar-refractivity contribution is 5.39. The first-order valence-electron chi connectivity index (χ1n) is 7.89. The van der Waals surface area contributed by atoms with Crippen molar-refractivity contribution in [3.8, 4) is 11.5 Å². The van der Waals surface area contributed by atoms with Crippen molar-refractivity contribution in [3.05, 3.63) is 36.0 Å². The van der Waals surface area contributed by atoms with Crippen molar-refractivity contribution in [1.82, 2.24) is 10.1 Å². The number of alkyl halides is 3. The second kappa shape index (κ2) is 6.91. The van der Waals surface area contributed by atoms with Crippen LogP contribution in [0.25, 0.3) is 0 Å². The van der Waals surface area contributed by atoms with E-state index < -0.39 is 18.3 Å². The lowest BCUT2D eigenvalue weighted by Gasteiger charge is -2.17. The molecule has 0 amide bonds. The van der Waals surface area contributed by atoms with Crippen molar-refractivity contribution in [2.24, 2.45) is 5.73 Å². The van der Waals surface area contributed by atoms with E-state index in [0.717, 1.165) is 25.7 Å². The van der Waals surface area contributed by atoms with Gasteiger partial charge >= 0.3 is 6.18 Å². The summed E-state index contributed by atoms with van der Waals surface area (Å²) in [6.45, 7) is -1.48. The van der Waals surface area contributed by atoms with Gasteiger partial charge in [-0.15, -0.1) is 0 Å². The number of hydrogen-bond acceptors (Lipinski definition) is 6. The molecule has 1 aromatic carbocycles. The summed E-state index contributed by atoms with van der Waals surface area (Å²) in [5.41, 5.74) is 5.68. The van der Waals surface area contributed by atoms with Gasteiger partial charge in [-0.05, 0) is 25.0 Å². The minimum Gasteiger partial charge on any atom is -0.480 e. The topological polar surface area (TPSA) is 83.4 Å². The third kappa shape index (κ3) is 4.41. The number of aromatic nitrogens is 2. The molecule has 1 aromatic heterocycles. The zero-order valence-corrected chi connectivity index (χ0v) is 13.4. The highest BCUT2D eigenvalue weighted by Gasteiger charge is 2.36. The second-order valence-corrected chi connectivity index (χ2v) is 6.01. The lowest BCUT2D eigenvalue weighted by Crippen LogP contribution is -2.34. The Kier molecular flexibility index (Phi) is 4.85. The maximum atomic E-state index is 12.3. The second-order valence-electron chi connectivity index (χ2n) is 6.01. The van der Waals surface area contributed by atoms with Crippen LogP contribution < -0.4 is 15.2 Å². The molecule has 1 fully saturated rings. The molecule has 0 atom stereocenters. The number of nitrogens with zero attached hydrogens (tertiary/aromatic N) is 2. The van der Waals surface area contributed by atoms with E-state index in [9.17, 15) is 13.2 Å². The monoisotopic (exact) mass is 357 g/mol. The fourth-order valence-corrected chi connectivity index (χ4v) is 2.73. The smallest absolute Gasteiger partial charge is 0.422 e. The van der Waals surface area contributed by atoms with Gasteiger partial charge in [0.25, 0.3) is 5.89 Å². The fourth-order valence-electron chi connectivity index (χ4n) is 2.73. The van der Waals surface area contributed by atoms with Crippen LogP contribution in [0.15, 0.2) is 28.8 Å². The third-order valence-electron chi connectivity index (χ3n) is 4.00. The first-order valence-corrected chi connectivity index (χ1v) is 7.89. The average Bonchev–Trinajstić information content (AvgIpc) is 3.21. The van der Waals surface area contributed by atoms with Crippen molar-refractivity contribution >= 4 is 0 Å². The maximum Gasteiger partial charge on any atom is 0.422 e. The minimum atomic E-state index is -4.43. The maximum absolute atomic E-state index is 12.3. The molecule has 1 heterocycles. The van der Waals surface area contributed by atoms with Crippen LogP contribution in [0.5, 0.6) is 11.5 Å². The number of nitrogens with two attached hydrogens (primary N) is 1. The van der Waals surface area contributed by atoms with Gasteiger partial charge in [0.2, 0.25) is 0 Å². The summed E-state index contributed by atoms with van der Waals surface area (Å²) in [6.07, 6.45) is -0.811. The molecule has 0 spiro atoms. The molecule has 0 aliphatic heterocycles. The molecule has 0 unspecified atom stereocenters. The molecule has 2 N–H and O–H groups in total.